The number of hydrogen-bond acceptors (Lipinski definition) is 4. The second-order valence-electron chi connectivity index (χ2n) is 6.33. The van der Waals surface area contributed by atoms with Crippen LogP contribution in [0.5, 0.6) is 0 Å². The average Bonchev–Trinajstić information content (AvgIpc) is 2.59. The molecule has 0 spiro atoms. The smallest absolute Gasteiger partial charge is 0.239 e. The minimum atomic E-state index is -0.0689. The molecule has 0 saturated carbocycles. The second kappa shape index (κ2) is 7.34. The van der Waals surface area contributed by atoms with Crippen molar-refractivity contribution >= 4 is 23.3 Å². The molecule has 0 aliphatic carbocycles. The molecule has 130 valence electrons. The minimum absolute atomic E-state index is 0.000969. The van der Waals surface area contributed by atoms with Crippen LogP contribution < -0.4 is 15.5 Å². The molecule has 1 aromatic heterocycles. The van der Waals surface area contributed by atoms with Crippen LogP contribution in [0.4, 0.5) is 11.5 Å². The van der Waals surface area contributed by atoms with E-state index in [-0.39, 0.29) is 11.8 Å². The molecule has 2 aromatic rings. The zero-order valence-corrected chi connectivity index (χ0v) is 14.5. The van der Waals surface area contributed by atoms with Gasteiger partial charge in [0.25, 0.3) is 0 Å². The number of nitrogens with zero attached hydrogens (tertiary/aromatic N) is 2. The monoisotopic (exact) mass is 338 g/mol. The Labute approximate surface area is 147 Å². The molecule has 1 aliphatic rings. The Morgan fingerprint density at radius 1 is 1.28 bits per heavy atom. The van der Waals surface area contributed by atoms with Gasteiger partial charge in [-0.2, -0.15) is 0 Å². The van der Waals surface area contributed by atoms with Gasteiger partial charge in [-0.05, 0) is 37.1 Å². The average molecular weight is 338 g/mol. The molecular formula is C19H22N4O2. The third-order valence-corrected chi connectivity index (χ3v) is 4.25. The van der Waals surface area contributed by atoms with Crippen LogP contribution in [0.15, 0.2) is 36.5 Å². The van der Waals surface area contributed by atoms with E-state index >= 15 is 0 Å². The van der Waals surface area contributed by atoms with Crippen molar-refractivity contribution in [2.75, 3.05) is 29.9 Å². The van der Waals surface area contributed by atoms with Gasteiger partial charge < -0.3 is 15.5 Å². The molecule has 0 bridgehead atoms. The minimum Gasteiger partial charge on any atom is -0.353 e. The molecule has 6 heteroatoms. The first-order valence-corrected chi connectivity index (χ1v) is 8.35. The molecule has 3 rings (SSSR count). The lowest BCUT2D eigenvalue weighted by molar-refractivity contribution is -0.120. The molecule has 2 heterocycles. The zero-order valence-electron chi connectivity index (χ0n) is 14.5. The highest BCUT2D eigenvalue weighted by Gasteiger charge is 2.17. The molecule has 2 N–H and O–H groups in total. The summed E-state index contributed by atoms with van der Waals surface area (Å²) in [5.41, 5.74) is 3.93. The van der Waals surface area contributed by atoms with Gasteiger partial charge in [0.2, 0.25) is 11.8 Å². The Morgan fingerprint density at radius 2 is 2.12 bits per heavy atom. The van der Waals surface area contributed by atoms with E-state index in [2.05, 4.69) is 15.6 Å². The fraction of sp³-hybridized carbons (Fsp3) is 0.316. The van der Waals surface area contributed by atoms with Crippen LogP contribution in [0.25, 0.3) is 0 Å². The number of hydrogen-bond donors (Lipinski definition) is 2. The van der Waals surface area contributed by atoms with Gasteiger partial charge in [0.1, 0.15) is 5.82 Å². The predicted octanol–water partition coefficient (Wildman–Crippen LogP) is 1.82. The van der Waals surface area contributed by atoms with Crippen molar-refractivity contribution in [3.8, 4) is 0 Å². The molecule has 1 fully saturated rings. The lowest BCUT2D eigenvalue weighted by atomic mass is 10.0. The quantitative estimate of drug-likeness (QED) is 0.892. The topological polar surface area (TPSA) is 74.3 Å². The lowest BCUT2D eigenvalue weighted by Crippen LogP contribution is -2.48. The zero-order chi connectivity index (χ0) is 17.8. The van der Waals surface area contributed by atoms with Crippen LogP contribution in [0.3, 0.4) is 0 Å². The van der Waals surface area contributed by atoms with Crippen molar-refractivity contribution in [2.24, 2.45) is 0 Å². The fourth-order valence-corrected chi connectivity index (χ4v) is 2.85. The van der Waals surface area contributed by atoms with Gasteiger partial charge in [-0.3, -0.25) is 9.59 Å². The molecular weight excluding hydrogens is 316 g/mol. The molecule has 0 unspecified atom stereocenters. The molecule has 0 atom stereocenters. The Bertz CT molecular complexity index is 787. The van der Waals surface area contributed by atoms with Crippen LogP contribution in [0.1, 0.15) is 16.7 Å². The van der Waals surface area contributed by atoms with Gasteiger partial charge in [-0.15, -0.1) is 0 Å². The van der Waals surface area contributed by atoms with Gasteiger partial charge in [0, 0.05) is 13.1 Å². The number of aromatic nitrogens is 1. The van der Waals surface area contributed by atoms with Crippen LogP contribution in [-0.2, 0) is 16.0 Å². The number of carbonyl (C=O) groups is 2. The van der Waals surface area contributed by atoms with Crippen molar-refractivity contribution in [1.29, 1.82) is 0 Å². The Morgan fingerprint density at radius 3 is 2.84 bits per heavy atom. The van der Waals surface area contributed by atoms with E-state index in [0.29, 0.717) is 25.2 Å². The van der Waals surface area contributed by atoms with Crippen molar-refractivity contribution in [3.63, 3.8) is 0 Å². The number of rotatable bonds is 4. The Kier molecular flexibility index (Phi) is 4.97. The van der Waals surface area contributed by atoms with Crippen LogP contribution >= 0.6 is 0 Å². The first kappa shape index (κ1) is 17.0. The summed E-state index contributed by atoms with van der Waals surface area (Å²) >= 11 is 0. The van der Waals surface area contributed by atoms with E-state index in [1.165, 1.54) is 0 Å². The maximum atomic E-state index is 12.3. The highest BCUT2D eigenvalue weighted by atomic mass is 16.2. The van der Waals surface area contributed by atoms with Gasteiger partial charge in [-0.25, -0.2) is 4.98 Å². The molecule has 0 radical (unpaired) electrons. The summed E-state index contributed by atoms with van der Waals surface area (Å²) < 4.78 is 0. The van der Waals surface area contributed by atoms with E-state index < -0.39 is 0 Å². The lowest BCUT2D eigenvalue weighted by Gasteiger charge is -2.27. The van der Waals surface area contributed by atoms with Gasteiger partial charge in [0.05, 0.1) is 24.8 Å². The molecule has 1 saturated heterocycles. The number of pyridine rings is 1. The summed E-state index contributed by atoms with van der Waals surface area (Å²) in [7, 11) is 0. The fourth-order valence-electron chi connectivity index (χ4n) is 2.85. The molecule has 25 heavy (non-hydrogen) atoms. The second-order valence-corrected chi connectivity index (χ2v) is 6.33. The predicted molar refractivity (Wildman–Crippen MR) is 97.7 cm³/mol. The van der Waals surface area contributed by atoms with Crippen LogP contribution in [0.2, 0.25) is 0 Å². The Balaban J connectivity index is 1.62. The number of aryl methyl sites for hydroxylation is 2. The van der Waals surface area contributed by atoms with E-state index in [0.717, 1.165) is 29.1 Å². The van der Waals surface area contributed by atoms with E-state index in [1.807, 2.05) is 49.1 Å². The number of nitrogens with one attached hydrogen (secondary N) is 2. The summed E-state index contributed by atoms with van der Waals surface area (Å²) in [6, 6.07) is 9.75. The van der Waals surface area contributed by atoms with E-state index in [1.54, 1.807) is 6.20 Å². The van der Waals surface area contributed by atoms with E-state index in [9.17, 15) is 9.59 Å². The molecule has 2 amide bonds. The summed E-state index contributed by atoms with van der Waals surface area (Å²) in [6.07, 6.45) is 1.96. The first-order valence-electron chi connectivity index (χ1n) is 8.35. The van der Waals surface area contributed by atoms with Crippen LogP contribution in [0, 0.1) is 13.8 Å². The van der Waals surface area contributed by atoms with Crippen molar-refractivity contribution in [2.45, 2.75) is 20.3 Å². The maximum Gasteiger partial charge on any atom is 0.239 e. The van der Waals surface area contributed by atoms with Crippen molar-refractivity contribution in [3.05, 3.63) is 53.2 Å². The summed E-state index contributed by atoms with van der Waals surface area (Å²) in [5, 5.41) is 5.66. The largest absolute Gasteiger partial charge is 0.353 e. The third kappa shape index (κ3) is 4.35. The highest BCUT2D eigenvalue weighted by molar-refractivity contribution is 5.92. The maximum absolute atomic E-state index is 12.3. The summed E-state index contributed by atoms with van der Waals surface area (Å²) in [6.45, 7) is 5.69. The SMILES string of the molecule is Cc1ccc(C)c(CC(=O)Nc2ccc(N3CCNC(=O)C3)nc2)c1. The first-order chi connectivity index (χ1) is 12.0. The molecule has 1 aromatic carbocycles. The number of benzene rings is 1. The van der Waals surface area contributed by atoms with Crippen LogP contribution in [-0.4, -0.2) is 36.4 Å². The van der Waals surface area contributed by atoms with Gasteiger partial charge >= 0.3 is 0 Å². The molecule has 1 aliphatic heterocycles. The highest BCUT2D eigenvalue weighted by Crippen LogP contribution is 2.16. The third-order valence-electron chi connectivity index (χ3n) is 4.25. The number of carbonyl (C=O) groups excluding carboxylic acids is 2. The number of amides is 2. The molecule has 6 nitrogen and oxygen atoms in total. The summed E-state index contributed by atoms with van der Waals surface area (Å²) in [5.74, 6) is 0.668. The summed E-state index contributed by atoms with van der Waals surface area (Å²) in [4.78, 5) is 30.0. The van der Waals surface area contributed by atoms with Gasteiger partial charge in [-0.1, -0.05) is 23.8 Å². The Hall–Kier alpha value is -2.89. The standard InChI is InChI=1S/C19H22N4O2/c1-13-3-4-14(2)15(9-13)10-18(24)22-16-5-6-17(21-11-16)23-8-7-20-19(25)12-23/h3-6,9,11H,7-8,10,12H2,1-2H3,(H,20,25)(H,22,24). The number of anilines is 2. The number of piperazine rings is 1. The van der Waals surface area contributed by atoms with Gasteiger partial charge in [0.15, 0.2) is 0 Å². The van der Waals surface area contributed by atoms with Crippen molar-refractivity contribution in [1.82, 2.24) is 10.3 Å². The van der Waals surface area contributed by atoms with E-state index in [4.69, 9.17) is 0 Å². The normalized spacial score (nSPS) is 14.2. The van der Waals surface area contributed by atoms with Crippen molar-refractivity contribution < 1.29 is 9.59 Å².